The summed E-state index contributed by atoms with van der Waals surface area (Å²) >= 11 is 0. The van der Waals surface area contributed by atoms with Crippen LogP contribution in [0.4, 0.5) is 0 Å². The van der Waals surface area contributed by atoms with Crippen molar-refractivity contribution in [3.05, 3.63) is 66.2 Å². The van der Waals surface area contributed by atoms with Gasteiger partial charge in [0.1, 0.15) is 4.90 Å². The molecule has 0 saturated heterocycles. The molecule has 2 rings (SSSR count). The topological polar surface area (TPSA) is 60.4 Å². The second-order valence-corrected chi connectivity index (χ2v) is 6.64. The molecule has 0 fully saturated rings. The maximum Gasteiger partial charge on any atom is 0.342 e. The Morgan fingerprint density at radius 3 is 2.39 bits per heavy atom. The molecule has 0 saturated carbocycles. The molecule has 0 bridgehead atoms. The van der Waals surface area contributed by atoms with Crippen molar-refractivity contribution in [2.24, 2.45) is 0 Å². The Balaban J connectivity index is 2.63. The van der Waals surface area contributed by atoms with Crippen molar-refractivity contribution in [2.75, 3.05) is 0 Å². The lowest BCUT2D eigenvalue weighted by molar-refractivity contribution is -0.132. The average Bonchev–Trinajstić information content (AvgIpc) is 2.50. The van der Waals surface area contributed by atoms with Crippen LogP contribution in [0.1, 0.15) is 17.5 Å². The van der Waals surface area contributed by atoms with Crippen LogP contribution in [-0.4, -0.2) is 14.4 Å². The zero-order valence-electron chi connectivity index (χ0n) is 13.1. The van der Waals surface area contributed by atoms with E-state index in [1.807, 2.05) is 43.3 Å². The molecule has 0 N–H and O–H groups in total. The fraction of sp³-hybridized carbons (Fsp3) is 0.167. The number of hydrogen-bond acceptors (Lipinski definition) is 4. The van der Waals surface area contributed by atoms with Crippen molar-refractivity contribution in [2.45, 2.75) is 25.2 Å². The molecule has 23 heavy (non-hydrogen) atoms. The predicted molar refractivity (Wildman–Crippen MR) is 89.4 cm³/mol. The zero-order chi connectivity index (χ0) is 17.0. The number of aryl methyl sites for hydroxylation is 1. The molecule has 0 aliphatic heterocycles. The van der Waals surface area contributed by atoms with E-state index in [4.69, 9.17) is 4.18 Å². The number of rotatable bonds is 5. The van der Waals surface area contributed by atoms with Crippen molar-refractivity contribution >= 4 is 16.1 Å². The van der Waals surface area contributed by atoms with Crippen molar-refractivity contribution in [3.8, 4) is 11.1 Å². The third-order valence-corrected chi connectivity index (χ3v) is 4.96. The van der Waals surface area contributed by atoms with E-state index in [0.717, 1.165) is 11.1 Å². The van der Waals surface area contributed by atoms with Gasteiger partial charge in [0.2, 0.25) is 0 Å². The molecular weight excluding hydrogens is 312 g/mol. The number of benzene rings is 2. The third-order valence-electron chi connectivity index (χ3n) is 3.53. The van der Waals surface area contributed by atoms with Gasteiger partial charge in [-0.1, -0.05) is 48.5 Å². The molecule has 2 aromatic carbocycles. The largest absolute Gasteiger partial charge is 0.342 e. The van der Waals surface area contributed by atoms with Gasteiger partial charge < -0.3 is 4.18 Å². The maximum absolute atomic E-state index is 12.6. The minimum atomic E-state index is -4.21. The van der Waals surface area contributed by atoms with Gasteiger partial charge in [0.05, 0.1) is 6.42 Å². The fourth-order valence-corrected chi connectivity index (χ4v) is 3.66. The van der Waals surface area contributed by atoms with Gasteiger partial charge in [0, 0.05) is 5.56 Å². The van der Waals surface area contributed by atoms with E-state index in [-0.39, 0.29) is 11.3 Å². The SMILES string of the molecule is C=CCC(=O)OS(=O)(=O)c1c(-c2ccccc2)ccc(C)c1C. The predicted octanol–water partition coefficient (Wildman–Crippen LogP) is 3.78. The summed E-state index contributed by atoms with van der Waals surface area (Å²) in [4.78, 5) is 11.6. The molecule has 5 heteroatoms. The first kappa shape index (κ1) is 17.0. The molecule has 0 aliphatic carbocycles. The van der Waals surface area contributed by atoms with Gasteiger partial charge in [0.25, 0.3) is 0 Å². The summed E-state index contributed by atoms with van der Waals surface area (Å²) in [6.45, 7) is 6.92. The molecule has 120 valence electrons. The van der Waals surface area contributed by atoms with Crippen molar-refractivity contribution in [3.63, 3.8) is 0 Å². The Morgan fingerprint density at radius 1 is 1.13 bits per heavy atom. The molecular formula is C18H18O4S. The molecule has 0 amide bonds. The first-order chi connectivity index (χ1) is 10.9. The lowest BCUT2D eigenvalue weighted by Gasteiger charge is -2.15. The van der Waals surface area contributed by atoms with Crippen LogP contribution in [0.25, 0.3) is 11.1 Å². The Kier molecular flexibility index (Phi) is 5.01. The molecule has 0 atom stereocenters. The summed E-state index contributed by atoms with van der Waals surface area (Å²) in [5.74, 6) is -0.847. The molecule has 0 aliphatic rings. The van der Waals surface area contributed by atoms with E-state index in [2.05, 4.69) is 6.58 Å². The van der Waals surface area contributed by atoms with Gasteiger partial charge in [-0.15, -0.1) is 6.58 Å². The van der Waals surface area contributed by atoms with Crippen LogP contribution in [0, 0.1) is 13.8 Å². The number of carbonyl (C=O) groups excluding carboxylic acids is 1. The van der Waals surface area contributed by atoms with Gasteiger partial charge >= 0.3 is 16.1 Å². The summed E-state index contributed by atoms with van der Waals surface area (Å²) in [5.41, 5.74) is 2.63. The van der Waals surface area contributed by atoms with E-state index in [0.29, 0.717) is 11.1 Å². The second-order valence-electron chi connectivity index (χ2n) is 5.15. The van der Waals surface area contributed by atoms with Crippen LogP contribution in [0.15, 0.2) is 60.0 Å². The minimum Gasteiger partial charge on any atom is -0.342 e. The van der Waals surface area contributed by atoms with Gasteiger partial charge in [-0.3, -0.25) is 4.79 Å². The Morgan fingerprint density at radius 2 is 1.78 bits per heavy atom. The molecule has 0 aromatic heterocycles. The average molecular weight is 330 g/mol. The van der Waals surface area contributed by atoms with E-state index in [9.17, 15) is 13.2 Å². The quantitative estimate of drug-likeness (QED) is 0.618. The highest BCUT2D eigenvalue weighted by Crippen LogP contribution is 2.33. The standard InChI is InChI=1S/C18H18O4S/c1-4-8-17(19)22-23(20,21)18-14(3)13(2)11-12-16(18)15-9-6-5-7-10-15/h4-7,9-12H,1,8H2,2-3H3. The third kappa shape index (κ3) is 3.68. The normalized spacial score (nSPS) is 11.0. The first-order valence-electron chi connectivity index (χ1n) is 7.10. The highest BCUT2D eigenvalue weighted by molar-refractivity contribution is 7.87. The first-order valence-corrected chi connectivity index (χ1v) is 8.51. The van der Waals surface area contributed by atoms with E-state index in [1.165, 1.54) is 6.08 Å². The number of carbonyl (C=O) groups is 1. The molecule has 0 radical (unpaired) electrons. The van der Waals surface area contributed by atoms with Crippen LogP contribution in [0.5, 0.6) is 0 Å². The summed E-state index contributed by atoms with van der Waals surface area (Å²) in [5, 5.41) is 0. The Labute approximate surface area is 136 Å². The van der Waals surface area contributed by atoms with Gasteiger partial charge in [-0.25, -0.2) is 0 Å². The van der Waals surface area contributed by atoms with Crippen LogP contribution in [0.2, 0.25) is 0 Å². The van der Waals surface area contributed by atoms with Gasteiger partial charge in [-0.2, -0.15) is 8.42 Å². The maximum atomic E-state index is 12.6. The van der Waals surface area contributed by atoms with E-state index < -0.39 is 16.1 Å². The minimum absolute atomic E-state index is 0.0288. The highest BCUT2D eigenvalue weighted by Gasteiger charge is 2.26. The van der Waals surface area contributed by atoms with E-state index >= 15 is 0 Å². The number of hydrogen-bond donors (Lipinski definition) is 0. The van der Waals surface area contributed by atoms with Crippen molar-refractivity contribution < 1.29 is 17.4 Å². The van der Waals surface area contributed by atoms with Crippen LogP contribution in [-0.2, 0) is 19.1 Å². The Bertz CT molecular complexity index is 837. The fourth-order valence-electron chi connectivity index (χ4n) is 2.27. The molecule has 4 nitrogen and oxygen atoms in total. The Hall–Kier alpha value is -2.40. The summed E-state index contributed by atoms with van der Waals surface area (Å²) in [7, 11) is -4.21. The highest BCUT2D eigenvalue weighted by atomic mass is 32.2. The van der Waals surface area contributed by atoms with Gasteiger partial charge in [-0.05, 0) is 30.5 Å². The van der Waals surface area contributed by atoms with Gasteiger partial charge in [0.15, 0.2) is 0 Å². The molecule has 0 heterocycles. The molecule has 2 aromatic rings. The van der Waals surface area contributed by atoms with Crippen LogP contribution < -0.4 is 0 Å². The smallest absolute Gasteiger partial charge is 0.342 e. The molecule has 0 unspecified atom stereocenters. The zero-order valence-corrected chi connectivity index (χ0v) is 13.9. The van der Waals surface area contributed by atoms with Crippen molar-refractivity contribution in [1.82, 2.24) is 0 Å². The van der Waals surface area contributed by atoms with Crippen LogP contribution >= 0.6 is 0 Å². The summed E-state index contributed by atoms with van der Waals surface area (Å²) in [6.07, 6.45) is 1.14. The summed E-state index contributed by atoms with van der Waals surface area (Å²) < 4.78 is 29.9. The summed E-state index contributed by atoms with van der Waals surface area (Å²) in [6, 6.07) is 12.7. The lowest BCUT2D eigenvalue weighted by atomic mass is 10.0. The molecule has 0 spiro atoms. The monoisotopic (exact) mass is 330 g/mol. The van der Waals surface area contributed by atoms with Crippen LogP contribution in [0.3, 0.4) is 0 Å². The van der Waals surface area contributed by atoms with E-state index in [1.54, 1.807) is 13.0 Å². The van der Waals surface area contributed by atoms with Crippen molar-refractivity contribution in [1.29, 1.82) is 0 Å². The lowest BCUT2D eigenvalue weighted by Crippen LogP contribution is -2.15. The second kappa shape index (κ2) is 6.79.